The number of nitrogens with zero attached hydrogens (tertiary/aromatic N) is 1. The molecule has 0 aliphatic heterocycles. The number of para-hydroxylation sites is 2. The molecule has 0 N–H and O–H groups in total. The predicted octanol–water partition coefficient (Wildman–Crippen LogP) is 12.7. The Morgan fingerprint density at radius 2 is 0.958 bits per heavy atom. The van der Waals surface area contributed by atoms with Gasteiger partial charge in [-0.3, -0.25) is 0 Å². The molecule has 1 heterocycles. The second-order valence-corrected chi connectivity index (χ2v) is 14.3. The van der Waals surface area contributed by atoms with E-state index in [2.05, 4.69) is 193 Å². The minimum absolute atomic E-state index is 0.294. The van der Waals surface area contributed by atoms with Gasteiger partial charge in [0.05, 0.1) is 0 Å². The topological polar surface area (TPSA) is 3.24 Å². The summed E-state index contributed by atoms with van der Waals surface area (Å²) in [5.74, 6) is 0. The zero-order valence-corrected chi connectivity index (χ0v) is 28.0. The molecule has 226 valence electrons. The Hall–Kier alpha value is -5.66. The van der Waals surface area contributed by atoms with Gasteiger partial charge in [-0.15, -0.1) is 0 Å². The molecular weight excluding hydrogens is 645 g/mol. The van der Waals surface area contributed by atoms with Crippen LogP contribution in [0.3, 0.4) is 0 Å². The standard InChI is InChI=1S/C46H31NSe/c1-3-13-32(14-4-1)33-23-27-37(28-24-33)47(36-16-5-2-6-17-36)44-22-12-11-21-41(44)40-20-10-9-18-38(40)35-26-30-45-43(31-35)42-29-25-34-15-7-8-19-39(34)46(42)48-45/h1-31H. The van der Waals surface area contributed by atoms with Crippen LogP contribution in [0.4, 0.5) is 17.1 Å². The third kappa shape index (κ3) is 5.04. The number of hydrogen-bond donors (Lipinski definition) is 0. The molecule has 48 heavy (non-hydrogen) atoms. The van der Waals surface area contributed by atoms with Crippen LogP contribution in [0.15, 0.2) is 188 Å². The molecule has 2 heteroatoms. The van der Waals surface area contributed by atoms with E-state index < -0.39 is 0 Å². The monoisotopic (exact) mass is 677 g/mol. The van der Waals surface area contributed by atoms with Crippen molar-refractivity contribution in [2.75, 3.05) is 4.90 Å². The Morgan fingerprint density at radius 3 is 1.77 bits per heavy atom. The zero-order chi connectivity index (χ0) is 31.9. The van der Waals surface area contributed by atoms with Crippen molar-refractivity contribution in [2.24, 2.45) is 0 Å². The minimum Gasteiger partial charge on any atom is -0.0617 e. The van der Waals surface area contributed by atoms with Crippen molar-refractivity contribution in [2.45, 2.75) is 0 Å². The van der Waals surface area contributed by atoms with E-state index in [-0.39, 0.29) is 0 Å². The van der Waals surface area contributed by atoms with Crippen LogP contribution in [0.25, 0.3) is 63.4 Å². The average molecular weight is 677 g/mol. The first-order valence-electron chi connectivity index (χ1n) is 16.4. The second kappa shape index (κ2) is 12.2. The number of anilines is 3. The van der Waals surface area contributed by atoms with Crippen LogP contribution in [0.2, 0.25) is 0 Å². The van der Waals surface area contributed by atoms with E-state index >= 15 is 0 Å². The van der Waals surface area contributed by atoms with Gasteiger partial charge in [0.1, 0.15) is 0 Å². The van der Waals surface area contributed by atoms with Crippen LogP contribution >= 0.6 is 0 Å². The summed E-state index contributed by atoms with van der Waals surface area (Å²) in [4.78, 5) is 2.38. The summed E-state index contributed by atoms with van der Waals surface area (Å²) in [7, 11) is 0. The van der Waals surface area contributed by atoms with Crippen molar-refractivity contribution >= 4 is 61.6 Å². The molecule has 0 unspecified atom stereocenters. The first-order chi connectivity index (χ1) is 23.8. The molecule has 0 atom stereocenters. The van der Waals surface area contributed by atoms with Crippen molar-refractivity contribution in [1.82, 2.24) is 0 Å². The van der Waals surface area contributed by atoms with Gasteiger partial charge in [0.25, 0.3) is 0 Å². The van der Waals surface area contributed by atoms with Gasteiger partial charge in [-0.25, -0.2) is 0 Å². The summed E-state index contributed by atoms with van der Waals surface area (Å²) in [5, 5.41) is 5.48. The smallest absolute Gasteiger partial charge is 0.0617 e. The van der Waals surface area contributed by atoms with E-state index in [0.717, 1.165) is 17.1 Å². The zero-order valence-electron chi connectivity index (χ0n) is 26.3. The molecule has 0 saturated carbocycles. The molecule has 0 fully saturated rings. The van der Waals surface area contributed by atoms with Crippen molar-refractivity contribution in [3.63, 3.8) is 0 Å². The van der Waals surface area contributed by atoms with Gasteiger partial charge in [-0.05, 0) is 11.1 Å². The maximum absolute atomic E-state index is 2.43. The third-order valence-electron chi connectivity index (χ3n) is 9.28. The first kappa shape index (κ1) is 28.6. The Kier molecular flexibility index (Phi) is 7.24. The molecule has 0 spiro atoms. The van der Waals surface area contributed by atoms with E-state index in [4.69, 9.17) is 0 Å². The Morgan fingerprint density at radius 1 is 0.354 bits per heavy atom. The maximum atomic E-state index is 2.43. The number of rotatable bonds is 6. The van der Waals surface area contributed by atoms with Gasteiger partial charge >= 0.3 is 240 Å². The van der Waals surface area contributed by atoms with Gasteiger partial charge in [0.2, 0.25) is 0 Å². The Balaban J connectivity index is 1.19. The van der Waals surface area contributed by atoms with Crippen LogP contribution in [-0.4, -0.2) is 14.5 Å². The quantitative estimate of drug-likeness (QED) is 0.159. The predicted molar refractivity (Wildman–Crippen MR) is 207 cm³/mol. The molecule has 0 aliphatic rings. The Bertz CT molecular complexity index is 2550. The SMILES string of the molecule is c1ccc(-c2ccc(N(c3ccccc3)c3ccccc3-c3ccccc3-c3ccc4[se]c5c6ccccc6ccc5c4c3)cc2)cc1. The average Bonchev–Trinajstić information content (AvgIpc) is 3.55. The molecule has 0 bridgehead atoms. The summed E-state index contributed by atoms with van der Waals surface area (Å²) < 4.78 is 2.97. The minimum atomic E-state index is 0.294. The molecule has 0 amide bonds. The van der Waals surface area contributed by atoms with E-state index in [1.807, 2.05) is 0 Å². The van der Waals surface area contributed by atoms with Crippen LogP contribution in [-0.2, 0) is 0 Å². The van der Waals surface area contributed by atoms with Crippen LogP contribution in [0, 0.1) is 0 Å². The third-order valence-corrected chi connectivity index (χ3v) is 11.8. The molecular formula is C46H31NSe. The molecule has 9 rings (SSSR count). The van der Waals surface area contributed by atoms with Gasteiger partial charge in [-0.2, -0.15) is 0 Å². The number of benzene rings is 8. The fourth-order valence-corrected chi connectivity index (χ4v) is 9.53. The van der Waals surface area contributed by atoms with E-state index in [9.17, 15) is 0 Å². The summed E-state index contributed by atoms with van der Waals surface area (Å²) in [6.45, 7) is 0. The van der Waals surface area contributed by atoms with Crippen molar-refractivity contribution in [3.8, 4) is 33.4 Å². The summed E-state index contributed by atoms with van der Waals surface area (Å²) in [6, 6.07) is 68.4. The normalized spacial score (nSPS) is 11.3. The molecule has 0 radical (unpaired) electrons. The van der Waals surface area contributed by atoms with Crippen LogP contribution in [0.1, 0.15) is 0 Å². The molecule has 1 nitrogen and oxygen atoms in total. The second-order valence-electron chi connectivity index (χ2n) is 12.1. The van der Waals surface area contributed by atoms with Gasteiger partial charge in [0.15, 0.2) is 0 Å². The molecule has 0 aliphatic carbocycles. The Labute approximate surface area is 286 Å². The molecule has 9 aromatic rings. The van der Waals surface area contributed by atoms with E-state index in [1.165, 1.54) is 63.4 Å². The number of fused-ring (bicyclic) bond motifs is 5. The first-order valence-corrected chi connectivity index (χ1v) is 18.1. The van der Waals surface area contributed by atoms with Crippen molar-refractivity contribution in [1.29, 1.82) is 0 Å². The van der Waals surface area contributed by atoms with Gasteiger partial charge in [0, 0.05) is 0 Å². The number of hydrogen-bond acceptors (Lipinski definition) is 1. The summed E-state index contributed by atoms with van der Waals surface area (Å²) >= 11 is 0.294. The van der Waals surface area contributed by atoms with Crippen molar-refractivity contribution in [3.05, 3.63) is 188 Å². The van der Waals surface area contributed by atoms with Gasteiger partial charge < -0.3 is 0 Å². The molecule has 1 aromatic heterocycles. The van der Waals surface area contributed by atoms with Gasteiger partial charge in [-0.1, -0.05) is 36.4 Å². The fourth-order valence-electron chi connectivity index (χ4n) is 6.98. The fraction of sp³-hybridized carbons (Fsp3) is 0. The molecule has 0 saturated heterocycles. The van der Waals surface area contributed by atoms with Crippen molar-refractivity contribution < 1.29 is 0 Å². The molecule has 8 aromatic carbocycles. The summed E-state index contributed by atoms with van der Waals surface area (Å²) in [5.41, 5.74) is 10.7. The van der Waals surface area contributed by atoms with Crippen LogP contribution in [0.5, 0.6) is 0 Å². The van der Waals surface area contributed by atoms with E-state index in [0.29, 0.717) is 14.5 Å². The van der Waals surface area contributed by atoms with Crippen LogP contribution < -0.4 is 4.90 Å². The van der Waals surface area contributed by atoms with E-state index in [1.54, 1.807) is 0 Å². The summed E-state index contributed by atoms with van der Waals surface area (Å²) in [6.07, 6.45) is 0.